The molecule has 0 radical (unpaired) electrons. The van der Waals surface area contributed by atoms with E-state index < -0.39 is 24.7 Å². The van der Waals surface area contributed by atoms with Gasteiger partial charge in [-0.1, -0.05) is 117 Å². The molecule has 1 heterocycles. The topological polar surface area (TPSA) is 66.8 Å². The lowest BCUT2D eigenvalue weighted by atomic mass is 9.92. The van der Waals surface area contributed by atoms with Gasteiger partial charge >= 0.3 is 5.97 Å². The minimum Gasteiger partial charge on any atom is -0.480 e. The number of ether oxygens (including phenoxy) is 1. The number of carbonyl (C=O) groups is 2. The molecular formula is C31H39Cl2NO4. The summed E-state index contributed by atoms with van der Waals surface area (Å²) in [5.74, 6) is -1.45. The van der Waals surface area contributed by atoms with Crippen molar-refractivity contribution in [3.8, 4) is 0 Å². The number of aryl methyl sites for hydroxylation is 2. The van der Waals surface area contributed by atoms with Crippen molar-refractivity contribution in [1.82, 2.24) is 4.90 Å². The highest BCUT2D eigenvalue weighted by Crippen LogP contribution is 2.40. The monoisotopic (exact) mass is 559 g/mol. The van der Waals surface area contributed by atoms with E-state index in [1.54, 1.807) is 36.4 Å². The second-order valence-electron chi connectivity index (χ2n) is 8.56. The summed E-state index contributed by atoms with van der Waals surface area (Å²) in [6.07, 6.45) is 0.746. The zero-order valence-electron chi connectivity index (χ0n) is 23.1. The van der Waals surface area contributed by atoms with E-state index >= 15 is 0 Å². The molecule has 1 aliphatic rings. The van der Waals surface area contributed by atoms with Crippen molar-refractivity contribution in [3.63, 3.8) is 0 Å². The molecule has 7 heteroatoms. The van der Waals surface area contributed by atoms with Crippen LogP contribution in [0.15, 0.2) is 72.8 Å². The number of carboxylic acid groups (broad SMARTS) is 1. The van der Waals surface area contributed by atoms with Crippen molar-refractivity contribution in [2.45, 2.75) is 60.1 Å². The fourth-order valence-corrected chi connectivity index (χ4v) is 3.82. The number of rotatable bonds is 4. The Morgan fingerprint density at radius 3 is 1.63 bits per heavy atom. The van der Waals surface area contributed by atoms with Crippen LogP contribution in [0.4, 0.5) is 0 Å². The highest BCUT2D eigenvalue weighted by Gasteiger charge is 2.39. The van der Waals surface area contributed by atoms with Gasteiger partial charge < -0.3 is 14.7 Å². The summed E-state index contributed by atoms with van der Waals surface area (Å²) >= 11 is 11.9. The Hall–Kier alpha value is -2.86. The Morgan fingerprint density at radius 2 is 1.24 bits per heavy atom. The zero-order valence-corrected chi connectivity index (χ0v) is 24.6. The van der Waals surface area contributed by atoms with E-state index in [9.17, 15) is 14.7 Å². The highest BCUT2D eigenvalue weighted by molar-refractivity contribution is 6.30. The second kappa shape index (κ2) is 17.6. The van der Waals surface area contributed by atoms with Crippen molar-refractivity contribution in [1.29, 1.82) is 0 Å². The number of halogens is 2. The van der Waals surface area contributed by atoms with Crippen molar-refractivity contribution in [2.24, 2.45) is 0 Å². The molecule has 4 rings (SSSR count). The lowest BCUT2D eigenvalue weighted by Gasteiger charge is -2.40. The van der Waals surface area contributed by atoms with E-state index in [1.807, 2.05) is 26.0 Å². The van der Waals surface area contributed by atoms with Gasteiger partial charge in [-0.15, -0.1) is 0 Å². The van der Waals surface area contributed by atoms with Gasteiger partial charge in [-0.05, 0) is 49.2 Å². The number of nitrogens with zero attached hydrogens (tertiary/aromatic N) is 1. The van der Waals surface area contributed by atoms with Crippen LogP contribution in [0, 0.1) is 13.8 Å². The van der Waals surface area contributed by atoms with E-state index in [1.165, 1.54) is 22.4 Å². The number of hydrogen-bond donors (Lipinski definition) is 1. The molecule has 1 saturated heterocycles. The maximum absolute atomic E-state index is 12.3. The van der Waals surface area contributed by atoms with Crippen LogP contribution in [0.2, 0.25) is 10.0 Å². The van der Waals surface area contributed by atoms with Crippen LogP contribution in [0.25, 0.3) is 0 Å². The molecule has 0 aromatic heterocycles. The molecule has 1 N–H and O–H groups in total. The van der Waals surface area contributed by atoms with Crippen molar-refractivity contribution < 1.29 is 19.4 Å². The third-order valence-electron chi connectivity index (χ3n) is 5.26. The van der Waals surface area contributed by atoms with E-state index in [0.717, 1.165) is 11.1 Å². The van der Waals surface area contributed by atoms with Gasteiger partial charge in [0.15, 0.2) is 0 Å². The molecule has 1 fully saturated rings. The van der Waals surface area contributed by atoms with Gasteiger partial charge in [0, 0.05) is 10.0 Å². The smallest absolute Gasteiger partial charge is 0.323 e. The molecule has 3 aromatic carbocycles. The summed E-state index contributed by atoms with van der Waals surface area (Å²) in [6.45, 7) is 11.9. The molecule has 2 unspecified atom stereocenters. The fraction of sp³-hybridized carbons (Fsp3) is 0.355. The summed E-state index contributed by atoms with van der Waals surface area (Å²) in [6, 6.07) is 21.9. The van der Waals surface area contributed by atoms with Crippen molar-refractivity contribution in [3.05, 3.63) is 105 Å². The predicted octanol–water partition coefficient (Wildman–Crippen LogP) is 8.47. The Bertz CT molecular complexity index is 1080. The van der Waals surface area contributed by atoms with Crippen LogP contribution in [-0.2, 0) is 14.3 Å². The van der Waals surface area contributed by atoms with Crippen LogP contribution < -0.4 is 0 Å². The largest absolute Gasteiger partial charge is 0.480 e. The molecule has 5 nitrogen and oxygen atoms in total. The number of benzene rings is 3. The van der Waals surface area contributed by atoms with Crippen LogP contribution in [-0.4, -0.2) is 35.0 Å². The predicted molar refractivity (Wildman–Crippen MR) is 157 cm³/mol. The van der Waals surface area contributed by atoms with E-state index in [0.29, 0.717) is 10.0 Å². The number of morpholine rings is 1. The fourth-order valence-electron chi connectivity index (χ4n) is 3.57. The third-order valence-corrected chi connectivity index (χ3v) is 5.77. The third kappa shape index (κ3) is 10.9. The van der Waals surface area contributed by atoms with Crippen LogP contribution in [0.1, 0.15) is 68.5 Å². The molecule has 2 atom stereocenters. The Kier molecular flexibility index (Phi) is 15.4. The molecule has 0 bridgehead atoms. The van der Waals surface area contributed by atoms with Gasteiger partial charge in [-0.25, -0.2) is 0 Å². The van der Waals surface area contributed by atoms with Crippen molar-refractivity contribution >= 4 is 35.1 Å². The maximum atomic E-state index is 12.3. The quantitative estimate of drug-likeness (QED) is 0.348. The lowest BCUT2D eigenvalue weighted by molar-refractivity contribution is -0.164. The SMILES string of the molecule is CC.CCC.Cc1ccc(C)cc1.O=C(O)CN1C(=O)COC(c2ccc(Cl)cc2)C1c1ccc(Cl)cc1. The number of aliphatic carboxylic acids is 1. The first-order valence-corrected chi connectivity index (χ1v) is 13.6. The zero-order chi connectivity index (χ0) is 28.7. The highest BCUT2D eigenvalue weighted by atomic mass is 35.5. The normalized spacial score (nSPS) is 16.1. The van der Waals surface area contributed by atoms with E-state index in [2.05, 4.69) is 52.0 Å². The van der Waals surface area contributed by atoms with Gasteiger partial charge in [0.05, 0.1) is 6.04 Å². The summed E-state index contributed by atoms with van der Waals surface area (Å²) in [7, 11) is 0. The lowest BCUT2D eigenvalue weighted by Crippen LogP contribution is -2.47. The first-order valence-electron chi connectivity index (χ1n) is 12.8. The molecule has 3 aromatic rings. The first-order chi connectivity index (χ1) is 18.2. The maximum Gasteiger partial charge on any atom is 0.323 e. The minimum absolute atomic E-state index is 0.176. The molecule has 1 aliphatic heterocycles. The number of carboxylic acids is 1. The second-order valence-corrected chi connectivity index (χ2v) is 9.43. The van der Waals surface area contributed by atoms with Crippen LogP contribution >= 0.6 is 23.2 Å². The molecule has 0 aliphatic carbocycles. The molecule has 38 heavy (non-hydrogen) atoms. The van der Waals surface area contributed by atoms with E-state index in [4.69, 9.17) is 27.9 Å². The molecular weight excluding hydrogens is 521 g/mol. The molecule has 0 saturated carbocycles. The number of hydrogen-bond acceptors (Lipinski definition) is 3. The average molecular weight is 561 g/mol. The minimum atomic E-state index is -1.08. The Labute approximate surface area is 237 Å². The Morgan fingerprint density at radius 1 is 0.842 bits per heavy atom. The summed E-state index contributed by atoms with van der Waals surface area (Å²) < 4.78 is 5.77. The molecule has 206 valence electrons. The van der Waals surface area contributed by atoms with Crippen molar-refractivity contribution in [2.75, 3.05) is 13.2 Å². The van der Waals surface area contributed by atoms with Crippen LogP contribution in [0.5, 0.6) is 0 Å². The first kappa shape index (κ1) is 33.2. The summed E-state index contributed by atoms with van der Waals surface area (Å²) in [5.41, 5.74) is 4.22. The average Bonchev–Trinajstić information content (AvgIpc) is 2.90. The molecule has 0 spiro atoms. The van der Waals surface area contributed by atoms with Gasteiger partial charge in [0.25, 0.3) is 0 Å². The van der Waals surface area contributed by atoms with Gasteiger partial charge in [-0.2, -0.15) is 0 Å². The van der Waals surface area contributed by atoms with Gasteiger partial charge in [0.2, 0.25) is 5.91 Å². The Balaban J connectivity index is 0.000000461. The summed E-state index contributed by atoms with van der Waals surface area (Å²) in [4.78, 5) is 24.9. The van der Waals surface area contributed by atoms with Gasteiger partial charge in [-0.3, -0.25) is 9.59 Å². The number of amides is 1. The number of carbonyl (C=O) groups excluding carboxylic acids is 1. The molecule has 1 amide bonds. The van der Waals surface area contributed by atoms with E-state index in [-0.39, 0.29) is 12.5 Å². The standard InChI is InChI=1S/C18H15Cl2NO4.C8H10.C3H8.C2H6/c19-13-5-1-11(2-6-13)17-18(12-3-7-14(20)8-4-12)25-10-15(22)21(17)9-16(23)24;1-7-3-5-8(2)6-4-7;1-3-2;1-2/h1-8,17-18H,9-10H2,(H,23,24);3-6H,1-2H3;3H2,1-2H3;1-2H3. The summed E-state index contributed by atoms with van der Waals surface area (Å²) in [5, 5.41) is 10.4. The van der Waals surface area contributed by atoms with Crippen LogP contribution in [0.3, 0.4) is 0 Å². The van der Waals surface area contributed by atoms with Gasteiger partial charge in [0.1, 0.15) is 19.3 Å².